The lowest BCUT2D eigenvalue weighted by molar-refractivity contribution is 0.156. The molecule has 0 amide bonds. The summed E-state index contributed by atoms with van der Waals surface area (Å²) in [7, 11) is 0. The van der Waals surface area contributed by atoms with Crippen molar-refractivity contribution < 1.29 is 0 Å². The normalized spacial score (nSPS) is 18.6. The molecule has 0 aliphatic carbocycles. The van der Waals surface area contributed by atoms with Gasteiger partial charge in [0.1, 0.15) is 6.33 Å². The van der Waals surface area contributed by atoms with Crippen molar-refractivity contribution in [1.29, 1.82) is 0 Å². The first-order valence-electron chi connectivity index (χ1n) is 8.55. The third-order valence-electron chi connectivity index (χ3n) is 4.62. The molecule has 0 bridgehead atoms. The molecule has 1 aliphatic heterocycles. The maximum absolute atomic E-state index is 5.50. The van der Waals surface area contributed by atoms with E-state index in [1.54, 1.807) is 6.33 Å². The molecule has 4 rings (SSSR count). The second kappa shape index (κ2) is 7.19. The monoisotopic (exact) mass is 371 g/mol. The van der Waals surface area contributed by atoms with E-state index in [0.29, 0.717) is 12.5 Å². The molecule has 0 saturated carbocycles. The number of para-hydroxylation sites is 1. The van der Waals surface area contributed by atoms with Crippen molar-refractivity contribution >= 4 is 33.8 Å². The van der Waals surface area contributed by atoms with E-state index in [9.17, 15) is 0 Å². The van der Waals surface area contributed by atoms with Gasteiger partial charge >= 0.3 is 0 Å². The largest absolute Gasteiger partial charge is 0.303 e. The molecule has 5 nitrogen and oxygen atoms in total. The number of benzene rings is 1. The van der Waals surface area contributed by atoms with Crippen LogP contribution < -0.4 is 0 Å². The topological polar surface area (TPSA) is 38.9 Å². The fourth-order valence-electron chi connectivity index (χ4n) is 3.37. The Bertz CT molecular complexity index is 905. The lowest BCUT2D eigenvalue weighted by Crippen LogP contribution is -2.36. The first-order valence-corrected chi connectivity index (χ1v) is 9.78. The predicted octanol–water partition coefficient (Wildman–Crippen LogP) is 4.05. The van der Waals surface area contributed by atoms with Crippen molar-refractivity contribution in [1.82, 2.24) is 24.2 Å². The minimum atomic E-state index is 0.496. The van der Waals surface area contributed by atoms with Crippen LogP contribution in [0.1, 0.15) is 23.8 Å². The lowest BCUT2D eigenvalue weighted by atomic mass is 9.99. The van der Waals surface area contributed by atoms with E-state index < -0.39 is 0 Å². The maximum Gasteiger partial charge on any atom is 0.199 e. The van der Waals surface area contributed by atoms with Gasteiger partial charge in [0.15, 0.2) is 4.77 Å². The molecule has 25 heavy (non-hydrogen) atoms. The van der Waals surface area contributed by atoms with Crippen LogP contribution in [-0.2, 0) is 13.2 Å². The molecule has 2 aromatic heterocycles. The van der Waals surface area contributed by atoms with Crippen molar-refractivity contribution in [2.45, 2.75) is 32.0 Å². The van der Waals surface area contributed by atoms with Gasteiger partial charge < -0.3 is 4.57 Å². The van der Waals surface area contributed by atoms with Crippen molar-refractivity contribution in [2.75, 3.05) is 13.1 Å². The van der Waals surface area contributed by atoms with Crippen molar-refractivity contribution in [3.05, 3.63) is 53.0 Å². The smallest absolute Gasteiger partial charge is 0.199 e. The third kappa shape index (κ3) is 3.44. The summed E-state index contributed by atoms with van der Waals surface area (Å²) in [5, 5.41) is 5.69. The summed E-state index contributed by atoms with van der Waals surface area (Å²) in [6.07, 6.45) is 6.01. The molecule has 1 aromatic carbocycles. The minimum Gasteiger partial charge on any atom is -0.303 e. The molecule has 1 fully saturated rings. The Labute approximate surface area is 156 Å². The Morgan fingerprint density at radius 1 is 1.36 bits per heavy atom. The molecule has 1 saturated heterocycles. The SMILES string of the molecule is C=CCn1cnn(CN2CCC[C@@H](c3nc4ccccc4s3)C2)c1=S. The third-order valence-corrected chi connectivity index (χ3v) is 6.27. The van der Waals surface area contributed by atoms with Crippen molar-refractivity contribution in [3.63, 3.8) is 0 Å². The van der Waals surface area contributed by atoms with Gasteiger partial charge in [-0.2, -0.15) is 5.10 Å². The Morgan fingerprint density at radius 2 is 2.24 bits per heavy atom. The number of allylic oxidation sites excluding steroid dienone is 1. The number of nitrogens with zero attached hydrogens (tertiary/aromatic N) is 5. The van der Waals surface area contributed by atoms with Gasteiger partial charge in [-0.15, -0.1) is 17.9 Å². The van der Waals surface area contributed by atoms with Crippen LogP contribution in [0.4, 0.5) is 0 Å². The van der Waals surface area contributed by atoms with E-state index in [2.05, 4.69) is 40.8 Å². The zero-order valence-electron chi connectivity index (χ0n) is 14.0. The Hall–Kier alpha value is -1.83. The average molecular weight is 372 g/mol. The molecular formula is C18H21N5S2. The van der Waals surface area contributed by atoms with Crippen LogP contribution in [0, 0.1) is 4.77 Å². The van der Waals surface area contributed by atoms with E-state index >= 15 is 0 Å². The number of piperidine rings is 1. The molecule has 3 aromatic rings. The summed E-state index contributed by atoms with van der Waals surface area (Å²) >= 11 is 7.33. The maximum atomic E-state index is 5.50. The minimum absolute atomic E-state index is 0.496. The zero-order chi connectivity index (χ0) is 17.2. The predicted molar refractivity (Wildman–Crippen MR) is 104 cm³/mol. The van der Waals surface area contributed by atoms with Gasteiger partial charge in [-0.1, -0.05) is 18.2 Å². The van der Waals surface area contributed by atoms with Gasteiger partial charge in [0.2, 0.25) is 0 Å². The number of rotatable bonds is 5. The molecule has 1 atom stereocenters. The summed E-state index contributed by atoms with van der Waals surface area (Å²) < 4.78 is 5.87. The van der Waals surface area contributed by atoms with Gasteiger partial charge in [0, 0.05) is 19.0 Å². The van der Waals surface area contributed by atoms with Gasteiger partial charge in [0.25, 0.3) is 0 Å². The van der Waals surface area contributed by atoms with Crippen LogP contribution in [0.25, 0.3) is 10.2 Å². The lowest BCUT2D eigenvalue weighted by Gasteiger charge is -2.31. The molecule has 1 aliphatic rings. The van der Waals surface area contributed by atoms with Crippen LogP contribution in [-0.4, -0.2) is 37.3 Å². The van der Waals surface area contributed by atoms with E-state index in [-0.39, 0.29) is 0 Å². The van der Waals surface area contributed by atoms with Crippen molar-refractivity contribution in [3.8, 4) is 0 Å². The summed E-state index contributed by atoms with van der Waals surface area (Å²) in [5.74, 6) is 0.496. The first-order chi connectivity index (χ1) is 12.2. The number of aromatic nitrogens is 4. The van der Waals surface area contributed by atoms with E-state index in [1.165, 1.54) is 22.5 Å². The number of hydrogen-bond donors (Lipinski definition) is 0. The van der Waals surface area contributed by atoms with Gasteiger partial charge in [-0.05, 0) is 43.7 Å². The van der Waals surface area contributed by atoms with Crippen LogP contribution >= 0.6 is 23.6 Å². The first kappa shape index (κ1) is 16.6. The van der Waals surface area contributed by atoms with Crippen LogP contribution in [0.15, 0.2) is 43.2 Å². The molecule has 7 heteroatoms. The van der Waals surface area contributed by atoms with E-state index in [0.717, 1.165) is 30.0 Å². The molecule has 130 valence electrons. The quantitative estimate of drug-likeness (QED) is 0.501. The summed E-state index contributed by atoms with van der Waals surface area (Å²) in [6, 6.07) is 8.39. The Kier molecular flexibility index (Phi) is 4.78. The summed E-state index contributed by atoms with van der Waals surface area (Å²) in [4.78, 5) is 7.29. The molecule has 3 heterocycles. The Balaban J connectivity index is 1.49. The van der Waals surface area contributed by atoms with E-state index in [4.69, 9.17) is 17.2 Å². The second-order valence-electron chi connectivity index (χ2n) is 6.43. The number of hydrogen-bond acceptors (Lipinski definition) is 5. The van der Waals surface area contributed by atoms with Crippen LogP contribution in [0.5, 0.6) is 0 Å². The number of likely N-dealkylation sites (tertiary alicyclic amines) is 1. The molecule has 0 N–H and O–H groups in total. The number of thiazole rings is 1. The molecule has 0 radical (unpaired) electrons. The fourth-order valence-corrected chi connectivity index (χ4v) is 4.69. The summed E-state index contributed by atoms with van der Waals surface area (Å²) in [5.41, 5.74) is 1.12. The highest BCUT2D eigenvalue weighted by Crippen LogP contribution is 2.33. The van der Waals surface area contributed by atoms with Gasteiger partial charge in [-0.25, -0.2) is 9.67 Å². The van der Waals surface area contributed by atoms with Crippen LogP contribution in [0.3, 0.4) is 0 Å². The average Bonchev–Trinajstić information content (AvgIpc) is 3.21. The molecule has 0 spiro atoms. The van der Waals surface area contributed by atoms with Gasteiger partial charge in [-0.3, -0.25) is 4.90 Å². The highest BCUT2D eigenvalue weighted by Gasteiger charge is 2.24. The highest BCUT2D eigenvalue weighted by molar-refractivity contribution is 7.71. The highest BCUT2D eigenvalue weighted by atomic mass is 32.1. The number of fused-ring (bicyclic) bond motifs is 1. The fraction of sp³-hybridized carbons (Fsp3) is 0.389. The molecule has 0 unspecified atom stereocenters. The van der Waals surface area contributed by atoms with Crippen LogP contribution in [0.2, 0.25) is 0 Å². The Morgan fingerprint density at radius 3 is 3.08 bits per heavy atom. The zero-order valence-corrected chi connectivity index (χ0v) is 15.7. The van der Waals surface area contributed by atoms with Crippen molar-refractivity contribution in [2.24, 2.45) is 0 Å². The standard InChI is InChI=1S/C18H21N5S2/c1-2-9-22-12-19-23(18(22)24)13-21-10-5-6-14(11-21)17-20-15-7-3-4-8-16(15)25-17/h2-4,7-8,12,14H,1,5-6,9-11,13H2/t14-/m1/s1. The second-order valence-corrected chi connectivity index (χ2v) is 7.86. The van der Waals surface area contributed by atoms with Gasteiger partial charge in [0.05, 0.1) is 21.9 Å². The summed E-state index contributed by atoms with van der Waals surface area (Å²) in [6.45, 7) is 7.30. The van der Waals surface area contributed by atoms with E-state index in [1.807, 2.05) is 26.7 Å². The molecular weight excluding hydrogens is 350 g/mol.